The van der Waals surface area contributed by atoms with E-state index in [2.05, 4.69) is 34.9 Å². The molecule has 1 heterocycles. The molecule has 3 heteroatoms. The molecule has 2 atom stereocenters. The number of piperidine rings is 1. The largest absolute Gasteiger partial charge is 0.359 e. The summed E-state index contributed by atoms with van der Waals surface area (Å²) in [6.07, 6.45) is 4.24. The molecule has 1 fully saturated rings. The van der Waals surface area contributed by atoms with Crippen LogP contribution in [0, 0.1) is 0 Å². The Morgan fingerprint density at radius 3 is 2.78 bits per heavy atom. The summed E-state index contributed by atoms with van der Waals surface area (Å²) in [4.78, 5) is 11.7. The molecule has 0 spiro atoms. The van der Waals surface area contributed by atoms with Gasteiger partial charge in [-0.3, -0.25) is 4.79 Å². The maximum atomic E-state index is 11.7. The van der Waals surface area contributed by atoms with Crippen LogP contribution < -0.4 is 10.6 Å². The van der Waals surface area contributed by atoms with Gasteiger partial charge in [0.1, 0.15) is 0 Å². The number of amides is 1. The Bertz CT molecular complexity index is 371. The summed E-state index contributed by atoms with van der Waals surface area (Å²) in [5, 5.41) is 6.30. The van der Waals surface area contributed by atoms with E-state index in [1.807, 2.05) is 6.07 Å². The molecule has 1 aliphatic heterocycles. The highest BCUT2D eigenvalue weighted by molar-refractivity contribution is 5.76. The van der Waals surface area contributed by atoms with Crippen LogP contribution in [0.25, 0.3) is 0 Å². The molecular formula is C15H22N2O. The smallest absolute Gasteiger partial charge is 0.220 e. The van der Waals surface area contributed by atoms with Crippen LogP contribution in [0.1, 0.15) is 37.2 Å². The summed E-state index contributed by atoms with van der Waals surface area (Å²) in [5.41, 5.74) is 1.26. The zero-order valence-corrected chi connectivity index (χ0v) is 11.0. The molecule has 18 heavy (non-hydrogen) atoms. The number of carbonyl (C=O) groups excluding carboxylic acids is 1. The van der Waals surface area contributed by atoms with Crippen molar-refractivity contribution < 1.29 is 4.79 Å². The van der Waals surface area contributed by atoms with Crippen molar-refractivity contribution in [2.45, 2.75) is 37.6 Å². The van der Waals surface area contributed by atoms with Crippen LogP contribution >= 0.6 is 0 Å². The standard InChI is InChI=1S/C15H22N2O/c1-16-15(18)11-13(12-7-3-2-4-8-12)14-9-5-6-10-17-14/h2-4,7-8,13-14,17H,5-6,9-11H2,1H3,(H,16,18)/t13-,14+/m0/s1. The fraction of sp³-hybridized carbons (Fsp3) is 0.533. The van der Waals surface area contributed by atoms with Crippen LogP contribution in [0.15, 0.2) is 30.3 Å². The lowest BCUT2D eigenvalue weighted by atomic mass is 9.84. The van der Waals surface area contributed by atoms with Gasteiger partial charge < -0.3 is 10.6 Å². The molecular weight excluding hydrogens is 224 g/mol. The first-order valence-corrected chi connectivity index (χ1v) is 6.80. The SMILES string of the molecule is CNC(=O)C[C@@H](c1ccccc1)[C@H]1CCCCN1. The van der Waals surface area contributed by atoms with Gasteiger partial charge in [-0.05, 0) is 24.9 Å². The van der Waals surface area contributed by atoms with Gasteiger partial charge in [-0.2, -0.15) is 0 Å². The van der Waals surface area contributed by atoms with Crippen LogP contribution in [0.2, 0.25) is 0 Å². The maximum Gasteiger partial charge on any atom is 0.220 e. The molecule has 0 aliphatic carbocycles. The van der Waals surface area contributed by atoms with Crippen LogP contribution in [-0.2, 0) is 4.79 Å². The Morgan fingerprint density at radius 2 is 2.17 bits per heavy atom. The molecule has 0 aromatic heterocycles. The Hall–Kier alpha value is -1.35. The molecule has 2 rings (SSSR count). The predicted molar refractivity (Wildman–Crippen MR) is 73.5 cm³/mol. The van der Waals surface area contributed by atoms with Gasteiger partial charge in [0, 0.05) is 25.4 Å². The molecule has 0 radical (unpaired) electrons. The average molecular weight is 246 g/mol. The summed E-state index contributed by atoms with van der Waals surface area (Å²) in [5.74, 6) is 0.405. The monoisotopic (exact) mass is 246 g/mol. The van der Waals surface area contributed by atoms with Gasteiger partial charge in [-0.1, -0.05) is 36.8 Å². The molecule has 3 nitrogen and oxygen atoms in total. The molecule has 0 bridgehead atoms. The number of hydrogen-bond acceptors (Lipinski definition) is 2. The number of rotatable bonds is 4. The Labute approximate surface area is 109 Å². The van der Waals surface area contributed by atoms with Crippen molar-refractivity contribution in [1.82, 2.24) is 10.6 Å². The average Bonchev–Trinajstić information content (AvgIpc) is 2.46. The first-order valence-electron chi connectivity index (χ1n) is 6.80. The minimum absolute atomic E-state index is 0.122. The molecule has 1 aliphatic rings. The molecule has 98 valence electrons. The van der Waals surface area contributed by atoms with Gasteiger partial charge in [0.15, 0.2) is 0 Å². The number of hydrogen-bond donors (Lipinski definition) is 2. The zero-order valence-electron chi connectivity index (χ0n) is 11.0. The predicted octanol–water partition coefficient (Wildman–Crippen LogP) is 2.05. The summed E-state index contributed by atoms with van der Waals surface area (Å²) in [6, 6.07) is 10.8. The van der Waals surface area contributed by atoms with E-state index < -0.39 is 0 Å². The van der Waals surface area contributed by atoms with Gasteiger partial charge in [0.05, 0.1) is 0 Å². The Kier molecular flexibility index (Phi) is 4.76. The summed E-state index contributed by atoms with van der Waals surface area (Å²) >= 11 is 0. The van der Waals surface area contributed by atoms with E-state index in [0.29, 0.717) is 12.5 Å². The lowest BCUT2D eigenvalue weighted by molar-refractivity contribution is -0.121. The third-order valence-corrected chi connectivity index (χ3v) is 3.75. The van der Waals surface area contributed by atoms with Crippen molar-refractivity contribution in [2.24, 2.45) is 0 Å². The minimum atomic E-state index is 0.122. The van der Waals surface area contributed by atoms with Gasteiger partial charge in [-0.25, -0.2) is 0 Å². The lowest BCUT2D eigenvalue weighted by Crippen LogP contribution is -2.40. The van der Waals surface area contributed by atoms with Crippen LogP contribution in [0.5, 0.6) is 0 Å². The molecule has 1 aromatic rings. The molecule has 0 unspecified atom stereocenters. The lowest BCUT2D eigenvalue weighted by Gasteiger charge is -2.31. The first-order chi connectivity index (χ1) is 8.81. The van der Waals surface area contributed by atoms with Gasteiger partial charge >= 0.3 is 0 Å². The molecule has 1 saturated heterocycles. The van der Waals surface area contributed by atoms with Crippen LogP contribution in [0.4, 0.5) is 0 Å². The second-order valence-electron chi connectivity index (χ2n) is 4.95. The topological polar surface area (TPSA) is 41.1 Å². The van der Waals surface area contributed by atoms with Crippen molar-refractivity contribution in [3.05, 3.63) is 35.9 Å². The first kappa shape index (κ1) is 13.1. The second kappa shape index (κ2) is 6.55. The minimum Gasteiger partial charge on any atom is -0.359 e. The highest BCUT2D eigenvalue weighted by atomic mass is 16.1. The number of benzene rings is 1. The highest BCUT2D eigenvalue weighted by Gasteiger charge is 2.26. The quantitative estimate of drug-likeness (QED) is 0.853. The third kappa shape index (κ3) is 3.33. The molecule has 1 amide bonds. The van der Waals surface area contributed by atoms with Gasteiger partial charge in [0.2, 0.25) is 5.91 Å². The molecule has 2 N–H and O–H groups in total. The fourth-order valence-corrected chi connectivity index (χ4v) is 2.72. The van der Waals surface area contributed by atoms with Gasteiger partial charge in [0.25, 0.3) is 0 Å². The zero-order chi connectivity index (χ0) is 12.8. The van der Waals surface area contributed by atoms with Crippen LogP contribution in [-0.4, -0.2) is 25.5 Å². The van der Waals surface area contributed by atoms with Crippen LogP contribution in [0.3, 0.4) is 0 Å². The summed E-state index contributed by atoms with van der Waals surface area (Å²) < 4.78 is 0. The van der Waals surface area contributed by atoms with E-state index >= 15 is 0 Å². The van der Waals surface area contributed by atoms with E-state index in [4.69, 9.17) is 0 Å². The van der Waals surface area contributed by atoms with Crippen molar-refractivity contribution in [3.8, 4) is 0 Å². The van der Waals surface area contributed by atoms with Crippen molar-refractivity contribution >= 4 is 5.91 Å². The van der Waals surface area contributed by atoms with E-state index in [1.165, 1.54) is 18.4 Å². The highest BCUT2D eigenvalue weighted by Crippen LogP contribution is 2.28. The van der Waals surface area contributed by atoms with E-state index in [1.54, 1.807) is 7.05 Å². The second-order valence-corrected chi connectivity index (χ2v) is 4.95. The van der Waals surface area contributed by atoms with Crippen molar-refractivity contribution in [3.63, 3.8) is 0 Å². The Morgan fingerprint density at radius 1 is 1.39 bits per heavy atom. The van der Waals surface area contributed by atoms with E-state index in [-0.39, 0.29) is 11.8 Å². The van der Waals surface area contributed by atoms with E-state index in [9.17, 15) is 4.79 Å². The van der Waals surface area contributed by atoms with Crippen molar-refractivity contribution in [2.75, 3.05) is 13.6 Å². The normalized spacial score (nSPS) is 21.3. The van der Waals surface area contributed by atoms with E-state index in [0.717, 1.165) is 13.0 Å². The molecule has 0 saturated carbocycles. The number of nitrogens with one attached hydrogen (secondary N) is 2. The fourth-order valence-electron chi connectivity index (χ4n) is 2.72. The number of carbonyl (C=O) groups is 1. The summed E-state index contributed by atoms with van der Waals surface area (Å²) in [7, 11) is 1.71. The molecule has 1 aromatic carbocycles. The van der Waals surface area contributed by atoms with Gasteiger partial charge in [-0.15, -0.1) is 0 Å². The summed E-state index contributed by atoms with van der Waals surface area (Å²) in [6.45, 7) is 1.07. The third-order valence-electron chi connectivity index (χ3n) is 3.75. The maximum absolute atomic E-state index is 11.7. The van der Waals surface area contributed by atoms with Crippen molar-refractivity contribution in [1.29, 1.82) is 0 Å². The Balaban J connectivity index is 2.14.